The van der Waals surface area contributed by atoms with Crippen molar-refractivity contribution >= 4 is 11.9 Å². The average molecular weight is 267 g/mol. The van der Waals surface area contributed by atoms with Crippen molar-refractivity contribution in [1.82, 2.24) is 5.32 Å². The maximum atomic E-state index is 11.8. The van der Waals surface area contributed by atoms with Gasteiger partial charge in [-0.25, -0.2) is 4.79 Å². The maximum Gasteiger partial charge on any atom is 0.326 e. The maximum absolute atomic E-state index is 11.8. The normalized spacial score (nSPS) is 11.9. The summed E-state index contributed by atoms with van der Waals surface area (Å²) < 4.78 is 4.95. The highest BCUT2D eigenvalue weighted by Crippen LogP contribution is 2.06. The van der Waals surface area contributed by atoms with Crippen LogP contribution in [0, 0.1) is 0 Å². The Bertz CT molecular complexity index is 429. The molecule has 0 aliphatic carbocycles. The topological polar surface area (TPSA) is 95.9 Å². The van der Waals surface area contributed by atoms with Crippen LogP contribution in [0.25, 0.3) is 0 Å². The SMILES string of the molecule is COCc1ccc(C(=O)N[C@H](CCO)C(=O)O)cc1. The van der Waals surface area contributed by atoms with E-state index in [2.05, 4.69) is 5.32 Å². The Balaban J connectivity index is 2.68. The Morgan fingerprint density at radius 2 is 1.95 bits per heavy atom. The van der Waals surface area contributed by atoms with E-state index < -0.39 is 17.9 Å². The third kappa shape index (κ3) is 4.69. The number of hydrogen-bond acceptors (Lipinski definition) is 4. The van der Waals surface area contributed by atoms with E-state index in [9.17, 15) is 9.59 Å². The van der Waals surface area contributed by atoms with Gasteiger partial charge in [-0.2, -0.15) is 0 Å². The van der Waals surface area contributed by atoms with Gasteiger partial charge >= 0.3 is 5.97 Å². The van der Waals surface area contributed by atoms with Gasteiger partial charge in [0.15, 0.2) is 0 Å². The molecule has 104 valence electrons. The Labute approximate surface area is 111 Å². The molecule has 1 rings (SSSR count). The van der Waals surface area contributed by atoms with Crippen LogP contribution in [-0.4, -0.2) is 41.8 Å². The molecule has 0 radical (unpaired) electrons. The summed E-state index contributed by atoms with van der Waals surface area (Å²) >= 11 is 0. The van der Waals surface area contributed by atoms with Crippen LogP contribution < -0.4 is 5.32 Å². The number of carboxylic acid groups (broad SMARTS) is 1. The van der Waals surface area contributed by atoms with Crippen LogP contribution in [0.4, 0.5) is 0 Å². The van der Waals surface area contributed by atoms with Gasteiger partial charge in [0.1, 0.15) is 6.04 Å². The van der Waals surface area contributed by atoms with Gasteiger partial charge in [-0.15, -0.1) is 0 Å². The molecule has 0 heterocycles. The van der Waals surface area contributed by atoms with Gasteiger partial charge in [0.05, 0.1) is 6.61 Å². The van der Waals surface area contributed by atoms with Gasteiger partial charge in [-0.3, -0.25) is 4.79 Å². The molecule has 0 aliphatic rings. The van der Waals surface area contributed by atoms with Crippen LogP contribution in [0.15, 0.2) is 24.3 Å². The summed E-state index contributed by atoms with van der Waals surface area (Å²) in [7, 11) is 1.58. The summed E-state index contributed by atoms with van der Waals surface area (Å²) in [4.78, 5) is 22.7. The molecule has 6 heteroatoms. The Hall–Kier alpha value is -1.92. The zero-order valence-corrected chi connectivity index (χ0v) is 10.6. The summed E-state index contributed by atoms with van der Waals surface area (Å²) in [5, 5.41) is 20.0. The fourth-order valence-electron chi connectivity index (χ4n) is 1.55. The number of carboxylic acids is 1. The van der Waals surface area contributed by atoms with Crippen molar-refractivity contribution in [3.8, 4) is 0 Å². The van der Waals surface area contributed by atoms with Crippen molar-refractivity contribution in [2.24, 2.45) is 0 Å². The van der Waals surface area contributed by atoms with E-state index in [0.717, 1.165) is 5.56 Å². The molecule has 0 saturated carbocycles. The lowest BCUT2D eigenvalue weighted by Gasteiger charge is -2.13. The molecule has 0 aliphatic heterocycles. The van der Waals surface area contributed by atoms with E-state index in [0.29, 0.717) is 12.2 Å². The number of benzene rings is 1. The number of nitrogens with one attached hydrogen (secondary N) is 1. The first-order valence-corrected chi connectivity index (χ1v) is 5.81. The monoisotopic (exact) mass is 267 g/mol. The molecule has 1 aromatic carbocycles. The first kappa shape index (κ1) is 15.1. The molecule has 1 atom stereocenters. The lowest BCUT2D eigenvalue weighted by atomic mass is 10.1. The summed E-state index contributed by atoms with van der Waals surface area (Å²) in [5.41, 5.74) is 1.29. The Kier molecular flexibility index (Phi) is 5.98. The number of carbonyl (C=O) groups is 2. The van der Waals surface area contributed by atoms with Crippen LogP contribution in [0.2, 0.25) is 0 Å². The van der Waals surface area contributed by atoms with E-state index in [1.807, 2.05) is 0 Å². The molecule has 0 fully saturated rings. The number of ether oxygens (including phenoxy) is 1. The van der Waals surface area contributed by atoms with Crippen molar-refractivity contribution in [2.45, 2.75) is 19.1 Å². The smallest absolute Gasteiger partial charge is 0.326 e. The Morgan fingerprint density at radius 1 is 1.32 bits per heavy atom. The number of rotatable bonds is 7. The number of methoxy groups -OCH3 is 1. The van der Waals surface area contributed by atoms with E-state index in [4.69, 9.17) is 14.9 Å². The summed E-state index contributed by atoms with van der Waals surface area (Å²) in [6.07, 6.45) is -0.0250. The van der Waals surface area contributed by atoms with Crippen molar-refractivity contribution < 1.29 is 24.5 Å². The molecule has 0 aromatic heterocycles. The number of hydrogen-bond donors (Lipinski definition) is 3. The molecule has 1 amide bonds. The van der Waals surface area contributed by atoms with Gasteiger partial charge in [0.2, 0.25) is 0 Å². The second-order valence-electron chi connectivity index (χ2n) is 4.01. The minimum atomic E-state index is -1.17. The minimum Gasteiger partial charge on any atom is -0.480 e. The molecule has 0 spiro atoms. The predicted molar refractivity (Wildman–Crippen MR) is 67.7 cm³/mol. The predicted octanol–water partition coefficient (Wildman–Crippen LogP) is 0.398. The summed E-state index contributed by atoms with van der Waals surface area (Å²) in [5.74, 6) is -1.65. The van der Waals surface area contributed by atoms with Gasteiger partial charge in [0, 0.05) is 25.7 Å². The van der Waals surface area contributed by atoms with Crippen molar-refractivity contribution in [3.05, 3.63) is 35.4 Å². The highest BCUT2D eigenvalue weighted by molar-refractivity contribution is 5.96. The van der Waals surface area contributed by atoms with Gasteiger partial charge in [0.25, 0.3) is 5.91 Å². The molecule has 0 bridgehead atoms. The summed E-state index contributed by atoms with van der Waals surface area (Å²) in [6, 6.07) is 5.58. The number of aliphatic hydroxyl groups is 1. The largest absolute Gasteiger partial charge is 0.480 e. The lowest BCUT2D eigenvalue weighted by molar-refractivity contribution is -0.139. The minimum absolute atomic E-state index is 0.0250. The van der Waals surface area contributed by atoms with E-state index in [-0.39, 0.29) is 13.0 Å². The quantitative estimate of drug-likeness (QED) is 0.664. The third-order valence-electron chi connectivity index (χ3n) is 2.55. The van der Waals surface area contributed by atoms with Crippen molar-refractivity contribution in [2.75, 3.05) is 13.7 Å². The molecular weight excluding hydrogens is 250 g/mol. The van der Waals surface area contributed by atoms with Gasteiger partial charge < -0.3 is 20.3 Å². The first-order valence-electron chi connectivity index (χ1n) is 5.81. The van der Waals surface area contributed by atoms with Crippen LogP contribution in [-0.2, 0) is 16.1 Å². The third-order valence-corrected chi connectivity index (χ3v) is 2.55. The van der Waals surface area contributed by atoms with Crippen LogP contribution in [0.3, 0.4) is 0 Å². The van der Waals surface area contributed by atoms with Crippen molar-refractivity contribution in [1.29, 1.82) is 0 Å². The van der Waals surface area contributed by atoms with E-state index >= 15 is 0 Å². The number of carbonyl (C=O) groups excluding carboxylic acids is 1. The second kappa shape index (κ2) is 7.50. The molecular formula is C13H17NO5. The number of amides is 1. The first-order chi connectivity index (χ1) is 9.08. The Morgan fingerprint density at radius 3 is 2.42 bits per heavy atom. The van der Waals surface area contributed by atoms with Crippen LogP contribution in [0.5, 0.6) is 0 Å². The highest BCUT2D eigenvalue weighted by atomic mass is 16.5. The van der Waals surface area contributed by atoms with Crippen LogP contribution in [0.1, 0.15) is 22.3 Å². The molecule has 0 saturated heterocycles. The standard InChI is InChI=1S/C13H17NO5/c1-19-8-9-2-4-10(5-3-9)12(16)14-11(6-7-15)13(17)18/h2-5,11,15H,6-8H2,1H3,(H,14,16)(H,17,18)/t11-/m1/s1. The molecule has 19 heavy (non-hydrogen) atoms. The van der Waals surface area contributed by atoms with Crippen molar-refractivity contribution in [3.63, 3.8) is 0 Å². The zero-order valence-electron chi connectivity index (χ0n) is 10.6. The lowest BCUT2D eigenvalue weighted by Crippen LogP contribution is -2.41. The fourth-order valence-corrected chi connectivity index (χ4v) is 1.55. The molecule has 1 aromatic rings. The number of aliphatic hydroxyl groups excluding tert-OH is 1. The van der Waals surface area contributed by atoms with Crippen LogP contribution >= 0.6 is 0 Å². The summed E-state index contributed by atoms with van der Waals surface area (Å²) in [6.45, 7) is 0.147. The fraction of sp³-hybridized carbons (Fsp3) is 0.385. The molecule has 6 nitrogen and oxygen atoms in total. The second-order valence-corrected chi connectivity index (χ2v) is 4.01. The molecule has 0 unspecified atom stereocenters. The molecule has 3 N–H and O–H groups in total. The van der Waals surface area contributed by atoms with Gasteiger partial charge in [-0.1, -0.05) is 12.1 Å². The van der Waals surface area contributed by atoms with E-state index in [1.54, 1.807) is 31.4 Å². The van der Waals surface area contributed by atoms with E-state index in [1.165, 1.54) is 0 Å². The van der Waals surface area contributed by atoms with Gasteiger partial charge in [-0.05, 0) is 17.7 Å². The highest BCUT2D eigenvalue weighted by Gasteiger charge is 2.19. The zero-order chi connectivity index (χ0) is 14.3. The average Bonchev–Trinajstić information content (AvgIpc) is 2.39. The number of aliphatic carboxylic acids is 1.